The van der Waals surface area contributed by atoms with E-state index in [1.807, 2.05) is 59.1 Å². The molecule has 0 saturated carbocycles. The summed E-state index contributed by atoms with van der Waals surface area (Å²) in [6.07, 6.45) is 2.18. The molecule has 1 unspecified atom stereocenters. The van der Waals surface area contributed by atoms with E-state index >= 15 is 0 Å². The first-order valence-corrected chi connectivity index (χ1v) is 11.4. The highest BCUT2D eigenvalue weighted by atomic mass is 32.2. The van der Waals surface area contributed by atoms with Crippen molar-refractivity contribution in [1.82, 2.24) is 24.9 Å². The van der Waals surface area contributed by atoms with E-state index in [9.17, 15) is 4.79 Å². The van der Waals surface area contributed by atoms with Crippen LogP contribution in [0.25, 0.3) is 5.78 Å². The Hall–Kier alpha value is -2.81. The smallest absolute Gasteiger partial charge is 0.253 e. The van der Waals surface area contributed by atoms with Crippen molar-refractivity contribution in [2.24, 2.45) is 0 Å². The topological polar surface area (TPSA) is 90.6 Å². The van der Waals surface area contributed by atoms with Gasteiger partial charge in [-0.25, -0.2) is 9.50 Å². The number of nitrogens with zero attached hydrogens (tertiary/aromatic N) is 4. The number of nitrogens with one attached hydrogen (secondary N) is 1. The van der Waals surface area contributed by atoms with Crippen LogP contribution in [0.3, 0.4) is 0 Å². The lowest BCUT2D eigenvalue weighted by atomic mass is 10.1. The quantitative estimate of drug-likeness (QED) is 0.531. The number of methoxy groups -OCH3 is 1. The number of amides is 1. The van der Waals surface area contributed by atoms with Gasteiger partial charge in [0.05, 0.1) is 25.7 Å². The van der Waals surface area contributed by atoms with Gasteiger partial charge in [0.1, 0.15) is 0 Å². The molecule has 1 atom stereocenters. The molecule has 1 N–H and O–H groups in total. The van der Waals surface area contributed by atoms with Gasteiger partial charge < -0.3 is 14.8 Å². The summed E-state index contributed by atoms with van der Waals surface area (Å²) in [6, 6.07) is 5.51. The number of rotatable bonds is 8. The van der Waals surface area contributed by atoms with Crippen molar-refractivity contribution >= 4 is 23.4 Å². The van der Waals surface area contributed by atoms with Crippen LogP contribution < -0.4 is 14.8 Å². The molecular weight excluding hydrogens is 414 g/mol. The lowest BCUT2D eigenvalue weighted by Crippen LogP contribution is -2.29. The summed E-state index contributed by atoms with van der Waals surface area (Å²) in [7, 11) is 1.61. The lowest BCUT2D eigenvalue weighted by Gasteiger charge is -2.19. The third-order valence-electron chi connectivity index (χ3n) is 4.98. The molecule has 0 aliphatic heterocycles. The fraction of sp³-hybridized carbons (Fsp3) is 0.455. The Morgan fingerprint density at radius 2 is 1.94 bits per heavy atom. The van der Waals surface area contributed by atoms with E-state index in [1.54, 1.807) is 11.6 Å². The molecule has 0 fully saturated rings. The van der Waals surface area contributed by atoms with Crippen LogP contribution in [-0.4, -0.2) is 45.0 Å². The van der Waals surface area contributed by atoms with Crippen molar-refractivity contribution in [3.63, 3.8) is 0 Å². The molecule has 2 heterocycles. The molecule has 8 nitrogen and oxygen atoms in total. The Bertz CT molecular complexity index is 1100. The maximum absolute atomic E-state index is 12.8. The van der Waals surface area contributed by atoms with E-state index < -0.39 is 0 Å². The molecule has 0 radical (unpaired) electrons. The number of carbonyl (C=O) groups excluding carboxylic acids is 1. The second kappa shape index (κ2) is 9.55. The minimum atomic E-state index is -0.193. The average Bonchev–Trinajstić information content (AvgIpc) is 3.14. The highest BCUT2D eigenvalue weighted by molar-refractivity contribution is 7.98. The monoisotopic (exact) mass is 443 g/mol. The van der Waals surface area contributed by atoms with Crippen LogP contribution in [0.15, 0.2) is 23.4 Å². The molecule has 166 valence electrons. The fourth-order valence-electron chi connectivity index (χ4n) is 3.37. The van der Waals surface area contributed by atoms with Crippen LogP contribution in [0.1, 0.15) is 49.3 Å². The van der Waals surface area contributed by atoms with E-state index in [4.69, 9.17) is 9.47 Å². The van der Waals surface area contributed by atoms with E-state index in [1.165, 1.54) is 11.8 Å². The van der Waals surface area contributed by atoms with E-state index in [-0.39, 0.29) is 24.5 Å². The zero-order chi connectivity index (χ0) is 22.7. The number of hydrogen-bond donors (Lipinski definition) is 1. The van der Waals surface area contributed by atoms with Crippen LogP contribution in [0.4, 0.5) is 0 Å². The Balaban J connectivity index is 1.76. The molecule has 0 aliphatic carbocycles. The molecule has 0 bridgehead atoms. The molecular formula is C22H29N5O3S. The van der Waals surface area contributed by atoms with Crippen molar-refractivity contribution in [2.45, 2.75) is 58.3 Å². The second-order valence-electron chi connectivity index (χ2n) is 7.61. The summed E-state index contributed by atoms with van der Waals surface area (Å²) < 4.78 is 12.9. The summed E-state index contributed by atoms with van der Waals surface area (Å²) in [5.41, 5.74) is 3.44. The van der Waals surface area contributed by atoms with Crippen molar-refractivity contribution in [2.75, 3.05) is 13.4 Å². The van der Waals surface area contributed by atoms with Gasteiger partial charge in [-0.05, 0) is 58.6 Å². The fourth-order valence-corrected chi connectivity index (χ4v) is 3.71. The number of fused-ring (bicyclic) bond motifs is 1. The Kier molecular flexibility index (Phi) is 7.04. The molecule has 2 aromatic heterocycles. The molecule has 1 amide bonds. The first kappa shape index (κ1) is 22.9. The molecule has 0 aliphatic rings. The normalized spacial score (nSPS) is 12.3. The summed E-state index contributed by atoms with van der Waals surface area (Å²) in [4.78, 5) is 21.7. The zero-order valence-electron chi connectivity index (χ0n) is 19.0. The van der Waals surface area contributed by atoms with E-state index in [2.05, 4.69) is 20.4 Å². The number of carbonyl (C=O) groups is 1. The van der Waals surface area contributed by atoms with E-state index in [0.29, 0.717) is 22.4 Å². The zero-order valence-corrected chi connectivity index (χ0v) is 19.8. The molecule has 31 heavy (non-hydrogen) atoms. The standard InChI is InChI=1S/C22H29N5O3S/c1-12(2)30-18-9-8-16(10-19(18)29-6)13(3)23-20(28)11-17-14(4)24-21-25-22(31-7)26-27(21)15(17)5/h8-10,12-13H,11H2,1-7H3,(H,23,28). The summed E-state index contributed by atoms with van der Waals surface area (Å²) in [5.74, 6) is 1.78. The lowest BCUT2D eigenvalue weighted by molar-refractivity contribution is -0.121. The molecule has 3 rings (SSSR count). The minimum Gasteiger partial charge on any atom is -0.493 e. The SMILES string of the molecule is COc1cc(C(C)NC(=O)Cc2c(C)nc3nc(SC)nn3c2C)ccc1OC(C)C. The first-order valence-electron chi connectivity index (χ1n) is 10.1. The third-order valence-corrected chi connectivity index (χ3v) is 5.52. The number of aromatic nitrogens is 4. The Labute approximate surface area is 186 Å². The minimum absolute atomic E-state index is 0.0475. The maximum atomic E-state index is 12.8. The van der Waals surface area contributed by atoms with E-state index in [0.717, 1.165) is 22.5 Å². The van der Waals surface area contributed by atoms with Gasteiger partial charge in [-0.3, -0.25) is 4.79 Å². The number of ether oxygens (including phenoxy) is 2. The second-order valence-corrected chi connectivity index (χ2v) is 8.39. The number of thioether (sulfide) groups is 1. The molecule has 3 aromatic rings. The molecule has 0 spiro atoms. The van der Waals surface area contributed by atoms with Gasteiger partial charge in [-0.2, -0.15) is 4.98 Å². The largest absolute Gasteiger partial charge is 0.493 e. The first-order chi connectivity index (χ1) is 14.7. The predicted molar refractivity (Wildman–Crippen MR) is 121 cm³/mol. The molecule has 1 aromatic carbocycles. The van der Waals surface area contributed by atoms with Gasteiger partial charge in [0, 0.05) is 17.0 Å². The van der Waals surface area contributed by atoms with Crippen molar-refractivity contribution in [1.29, 1.82) is 0 Å². The van der Waals surface area contributed by atoms with Gasteiger partial charge in [-0.15, -0.1) is 5.10 Å². The van der Waals surface area contributed by atoms with Gasteiger partial charge >= 0.3 is 0 Å². The highest BCUT2D eigenvalue weighted by Crippen LogP contribution is 2.31. The highest BCUT2D eigenvalue weighted by Gasteiger charge is 2.18. The van der Waals surface area contributed by atoms with Gasteiger partial charge in [-0.1, -0.05) is 17.8 Å². The van der Waals surface area contributed by atoms with Gasteiger partial charge in [0.15, 0.2) is 11.5 Å². The van der Waals surface area contributed by atoms with Crippen molar-refractivity contribution < 1.29 is 14.3 Å². The Morgan fingerprint density at radius 1 is 1.19 bits per heavy atom. The number of aryl methyl sites for hydroxylation is 2. The molecule has 0 saturated heterocycles. The van der Waals surface area contributed by atoms with Crippen molar-refractivity contribution in [3.8, 4) is 11.5 Å². The maximum Gasteiger partial charge on any atom is 0.253 e. The molecule has 9 heteroatoms. The van der Waals surface area contributed by atoms with Crippen LogP contribution in [0.2, 0.25) is 0 Å². The van der Waals surface area contributed by atoms with Crippen LogP contribution in [-0.2, 0) is 11.2 Å². The van der Waals surface area contributed by atoms with Crippen LogP contribution in [0.5, 0.6) is 11.5 Å². The summed E-state index contributed by atoms with van der Waals surface area (Å²) >= 11 is 1.46. The number of benzene rings is 1. The van der Waals surface area contributed by atoms with Crippen molar-refractivity contribution in [3.05, 3.63) is 40.7 Å². The average molecular weight is 444 g/mol. The summed E-state index contributed by atoms with van der Waals surface area (Å²) in [6.45, 7) is 9.70. The third kappa shape index (κ3) is 5.10. The Morgan fingerprint density at radius 3 is 2.58 bits per heavy atom. The van der Waals surface area contributed by atoms with Crippen LogP contribution >= 0.6 is 11.8 Å². The van der Waals surface area contributed by atoms with Crippen LogP contribution in [0, 0.1) is 13.8 Å². The van der Waals surface area contributed by atoms with Gasteiger partial charge in [0.25, 0.3) is 5.78 Å². The predicted octanol–water partition coefficient (Wildman–Crippen LogP) is 3.68. The number of hydrogen-bond acceptors (Lipinski definition) is 7. The van der Waals surface area contributed by atoms with Gasteiger partial charge in [0.2, 0.25) is 11.1 Å². The summed E-state index contributed by atoms with van der Waals surface area (Å²) in [5, 5.41) is 8.16.